The van der Waals surface area contributed by atoms with Gasteiger partial charge < -0.3 is 5.32 Å². The lowest BCUT2D eigenvalue weighted by Gasteiger charge is -2.09. The van der Waals surface area contributed by atoms with E-state index in [9.17, 15) is 0 Å². The number of rotatable bonds is 5. The summed E-state index contributed by atoms with van der Waals surface area (Å²) in [5.41, 5.74) is 5.85. The largest absolute Gasteiger partial charge is 0.340 e. The van der Waals surface area contributed by atoms with E-state index in [-0.39, 0.29) is 0 Å². The average Bonchev–Trinajstić information content (AvgIpc) is 3.22. The molecule has 2 aromatic carbocycles. The Morgan fingerprint density at radius 3 is 2.34 bits per heavy atom. The molecular formula is C24H18N4S. The molecule has 29 heavy (non-hydrogen) atoms. The first-order chi connectivity index (χ1) is 14.4. The molecule has 5 rings (SSSR count). The summed E-state index contributed by atoms with van der Waals surface area (Å²) in [5, 5.41) is 6.69. The van der Waals surface area contributed by atoms with Gasteiger partial charge in [0, 0.05) is 29.0 Å². The maximum absolute atomic E-state index is 4.53. The number of benzene rings is 2. The zero-order chi connectivity index (χ0) is 19.5. The Morgan fingerprint density at radius 2 is 1.55 bits per heavy atom. The maximum atomic E-state index is 4.53. The fraction of sp³-hybridized carbons (Fsp3) is 0.0417. The van der Waals surface area contributed by atoms with Crippen molar-refractivity contribution >= 4 is 33.1 Å². The Hall–Kier alpha value is -3.57. The Balaban J connectivity index is 1.44. The first-order valence-corrected chi connectivity index (χ1v) is 10.3. The summed E-state index contributed by atoms with van der Waals surface area (Å²) >= 11 is 1.64. The van der Waals surface area contributed by atoms with Crippen LogP contribution < -0.4 is 5.32 Å². The minimum Gasteiger partial charge on any atom is -0.340 e. The summed E-state index contributed by atoms with van der Waals surface area (Å²) < 4.78 is 0. The summed E-state index contributed by atoms with van der Waals surface area (Å²) in [6.07, 6.45) is 6.17. The number of aromatic nitrogens is 3. The van der Waals surface area contributed by atoms with Crippen LogP contribution in [0.2, 0.25) is 0 Å². The fourth-order valence-corrected chi connectivity index (χ4v) is 4.29. The Bertz CT molecular complexity index is 1230. The lowest BCUT2D eigenvalue weighted by Crippen LogP contribution is -1.96. The molecule has 0 spiro atoms. The number of nitrogens with zero attached hydrogens (tertiary/aromatic N) is 3. The summed E-state index contributed by atoms with van der Waals surface area (Å²) in [6, 6.07) is 22.9. The van der Waals surface area contributed by atoms with Crippen molar-refractivity contribution in [3.63, 3.8) is 0 Å². The predicted molar refractivity (Wildman–Crippen MR) is 120 cm³/mol. The van der Waals surface area contributed by atoms with Crippen LogP contribution in [0.1, 0.15) is 11.1 Å². The van der Waals surface area contributed by atoms with Crippen molar-refractivity contribution < 1.29 is 0 Å². The van der Waals surface area contributed by atoms with E-state index in [1.54, 1.807) is 17.7 Å². The van der Waals surface area contributed by atoms with E-state index in [0.717, 1.165) is 33.7 Å². The number of anilines is 2. The highest BCUT2D eigenvalue weighted by Gasteiger charge is 2.13. The minimum absolute atomic E-state index is 0.831. The summed E-state index contributed by atoms with van der Waals surface area (Å²) in [5.74, 6) is 0.831. The molecular weight excluding hydrogens is 376 g/mol. The van der Waals surface area contributed by atoms with Crippen molar-refractivity contribution in [2.75, 3.05) is 5.32 Å². The van der Waals surface area contributed by atoms with E-state index in [2.05, 4.69) is 74.2 Å². The highest BCUT2D eigenvalue weighted by Crippen LogP contribution is 2.37. The third-order valence-corrected chi connectivity index (χ3v) is 5.72. The molecule has 0 fully saturated rings. The monoisotopic (exact) mass is 394 g/mol. The molecule has 140 valence electrons. The number of pyridine rings is 1. The Labute approximate surface area is 172 Å². The van der Waals surface area contributed by atoms with Crippen LogP contribution in [-0.4, -0.2) is 15.0 Å². The van der Waals surface area contributed by atoms with Crippen molar-refractivity contribution in [1.29, 1.82) is 0 Å². The fourth-order valence-electron chi connectivity index (χ4n) is 3.38. The van der Waals surface area contributed by atoms with Gasteiger partial charge >= 0.3 is 0 Å². The van der Waals surface area contributed by atoms with Crippen LogP contribution in [0.5, 0.6) is 0 Å². The van der Waals surface area contributed by atoms with Gasteiger partial charge in [0.2, 0.25) is 0 Å². The molecule has 3 aromatic heterocycles. The second-order valence-corrected chi connectivity index (χ2v) is 7.63. The molecule has 0 saturated carbocycles. The Morgan fingerprint density at radius 1 is 0.793 bits per heavy atom. The van der Waals surface area contributed by atoms with Gasteiger partial charge in [0.05, 0.1) is 5.39 Å². The number of nitrogens with one attached hydrogen (secondary N) is 1. The predicted octanol–water partition coefficient (Wildman–Crippen LogP) is 6.09. The van der Waals surface area contributed by atoms with Gasteiger partial charge in [0.1, 0.15) is 17.0 Å². The molecule has 0 amide bonds. The second-order valence-electron chi connectivity index (χ2n) is 6.77. The van der Waals surface area contributed by atoms with Gasteiger partial charge in [-0.15, -0.1) is 11.3 Å². The zero-order valence-electron chi connectivity index (χ0n) is 15.6. The van der Waals surface area contributed by atoms with E-state index >= 15 is 0 Å². The van der Waals surface area contributed by atoms with Crippen molar-refractivity contribution in [2.24, 2.45) is 0 Å². The summed E-state index contributed by atoms with van der Waals surface area (Å²) in [6.45, 7) is 0. The van der Waals surface area contributed by atoms with Gasteiger partial charge in [0.15, 0.2) is 0 Å². The van der Waals surface area contributed by atoms with Gasteiger partial charge in [0.25, 0.3) is 0 Å². The van der Waals surface area contributed by atoms with Gasteiger partial charge in [-0.1, -0.05) is 42.5 Å². The molecule has 0 aliphatic heterocycles. The highest BCUT2D eigenvalue weighted by atomic mass is 32.1. The molecule has 3 heterocycles. The molecule has 5 heteroatoms. The molecule has 5 aromatic rings. The van der Waals surface area contributed by atoms with Crippen LogP contribution in [0.25, 0.3) is 21.3 Å². The number of fused-ring (bicyclic) bond motifs is 1. The maximum Gasteiger partial charge on any atom is 0.143 e. The van der Waals surface area contributed by atoms with Crippen molar-refractivity contribution in [3.05, 3.63) is 102 Å². The van der Waals surface area contributed by atoms with E-state index in [0.29, 0.717) is 0 Å². The van der Waals surface area contributed by atoms with Crippen LogP contribution in [-0.2, 0) is 6.42 Å². The third kappa shape index (κ3) is 3.73. The molecule has 0 unspecified atom stereocenters. The van der Waals surface area contributed by atoms with Gasteiger partial charge in [-0.2, -0.15) is 0 Å². The summed E-state index contributed by atoms with van der Waals surface area (Å²) in [7, 11) is 0. The van der Waals surface area contributed by atoms with Crippen molar-refractivity contribution in [2.45, 2.75) is 6.42 Å². The number of hydrogen-bond acceptors (Lipinski definition) is 5. The van der Waals surface area contributed by atoms with Crippen LogP contribution in [0.15, 0.2) is 90.8 Å². The average molecular weight is 395 g/mol. The normalized spacial score (nSPS) is 10.9. The van der Waals surface area contributed by atoms with Gasteiger partial charge in [-0.25, -0.2) is 9.97 Å². The SMILES string of the molecule is c1ccc(-c2csc3ncnc(Nc4ccc(Cc5ccncc5)cc4)c23)cc1. The second kappa shape index (κ2) is 7.81. The topological polar surface area (TPSA) is 50.7 Å². The molecule has 0 atom stereocenters. The molecule has 0 aliphatic carbocycles. The smallest absolute Gasteiger partial charge is 0.143 e. The van der Waals surface area contributed by atoms with E-state index in [1.165, 1.54) is 16.7 Å². The molecule has 0 saturated heterocycles. The van der Waals surface area contributed by atoms with E-state index in [4.69, 9.17) is 0 Å². The molecule has 4 nitrogen and oxygen atoms in total. The van der Waals surface area contributed by atoms with E-state index in [1.807, 2.05) is 30.6 Å². The van der Waals surface area contributed by atoms with Crippen LogP contribution >= 0.6 is 11.3 Å². The minimum atomic E-state index is 0.831. The number of thiophene rings is 1. The van der Waals surface area contributed by atoms with Crippen molar-refractivity contribution in [1.82, 2.24) is 15.0 Å². The van der Waals surface area contributed by atoms with Gasteiger partial charge in [-0.3, -0.25) is 4.98 Å². The third-order valence-electron chi connectivity index (χ3n) is 4.83. The van der Waals surface area contributed by atoms with Crippen LogP contribution in [0, 0.1) is 0 Å². The van der Waals surface area contributed by atoms with E-state index < -0.39 is 0 Å². The van der Waals surface area contributed by atoms with Crippen LogP contribution in [0.4, 0.5) is 11.5 Å². The first kappa shape index (κ1) is 17.5. The van der Waals surface area contributed by atoms with Gasteiger partial charge in [-0.05, 0) is 47.4 Å². The molecule has 0 bridgehead atoms. The van der Waals surface area contributed by atoms with Crippen molar-refractivity contribution in [3.8, 4) is 11.1 Å². The Kier molecular flexibility index (Phi) is 4.72. The standard InChI is InChI=1S/C24H18N4S/c1-2-4-19(5-3-1)21-15-29-24-22(21)23(26-16-27-24)28-20-8-6-17(7-9-20)14-18-10-12-25-13-11-18/h1-13,15-16H,14H2,(H,26,27,28). The molecule has 1 N–H and O–H groups in total. The molecule has 0 radical (unpaired) electrons. The zero-order valence-corrected chi connectivity index (χ0v) is 16.4. The first-order valence-electron chi connectivity index (χ1n) is 9.39. The van der Waals surface area contributed by atoms with Crippen LogP contribution in [0.3, 0.4) is 0 Å². The lowest BCUT2D eigenvalue weighted by molar-refractivity contribution is 1.16. The highest BCUT2D eigenvalue weighted by molar-refractivity contribution is 7.17. The lowest BCUT2D eigenvalue weighted by atomic mass is 10.1. The summed E-state index contributed by atoms with van der Waals surface area (Å²) in [4.78, 5) is 14.0. The quantitative estimate of drug-likeness (QED) is 0.392. The molecule has 0 aliphatic rings. The number of hydrogen-bond donors (Lipinski definition) is 1.